The summed E-state index contributed by atoms with van der Waals surface area (Å²) in [5.74, 6) is 1.89. The molecule has 19 heavy (non-hydrogen) atoms. The number of rotatable bonds is 4. The van der Waals surface area contributed by atoms with Crippen molar-refractivity contribution < 1.29 is 9.53 Å². The molecule has 0 radical (unpaired) electrons. The Hall–Kier alpha value is -2.09. The van der Waals surface area contributed by atoms with E-state index in [-0.39, 0.29) is 5.71 Å². The van der Waals surface area contributed by atoms with Crippen molar-refractivity contribution in [2.24, 2.45) is 0 Å². The summed E-state index contributed by atoms with van der Waals surface area (Å²) >= 11 is 0. The first-order valence-electron chi connectivity index (χ1n) is 6.11. The summed E-state index contributed by atoms with van der Waals surface area (Å²) < 4.78 is 5.19. The van der Waals surface area contributed by atoms with Gasteiger partial charge < -0.3 is 9.72 Å². The molecule has 0 aliphatic heterocycles. The second kappa shape index (κ2) is 5.70. The van der Waals surface area contributed by atoms with Crippen LogP contribution in [0.2, 0.25) is 0 Å². The molecule has 1 aromatic rings. The second-order valence-electron chi connectivity index (χ2n) is 5.20. The van der Waals surface area contributed by atoms with E-state index in [1.165, 1.54) is 6.20 Å². The van der Waals surface area contributed by atoms with Crippen LogP contribution in [0.3, 0.4) is 0 Å². The van der Waals surface area contributed by atoms with Crippen molar-refractivity contribution in [3.05, 3.63) is 17.7 Å². The lowest BCUT2D eigenvalue weighted by atomic mass is 9.99. The number of nitrogens with zero attached hydrogens (tertiary/aromatic N) is 1. The van der Waals surface area contributed by atoms with E-state index in [1.807, 2.05) is 6.92 Å². The van der Waals surface area contributed by atoms with E-state index in [1.54, 1.807) is 20.8 Å². The summed E-state index contributed by atoms with van der Waals surface area (Å²) in [6, 6.07) is 0. The molecule has 0 saturated heterocycles. The van der Waals surface area contributed by atoms with Crippen LogP contribution < -0.4 is 0 Å². The molecule has 0 aromatic carbocycles. The Morgan fingerprint density at radius 3 is 2.68 bits per heavy atom. The third kappa shape index (κ3) is 3.95. The maximum absolute atomic E-state index is 11.9. The van der Waals surface area contributed by atoms with Gasteiger partial charge in [0.2, 0.25) is 0 Å². The maximum atomic E-state index is 11.9. The Morgan fingerprint density at radius 1 is 1.63 bits per heavy atom. The Bertz CT molecular complexity index is 518. The average Bonchev–Trinajstić information content (AvgIpc) is 2.76. The van der Waals surface area contributed by atoms with Gasteiger partial charge in [0.1, 0.15) is 22.8 Å². The quantitative estimate of drug-likeness (QED) is 0.495. The summed E-state index contributed by atoms with van der Waals surface area (Å²) in [6.07, 6.45) is 7.34. The molecule has 0 aliphatic rings. The topological polar surface area (TPSA) is 78.8 Å². The van der Waals surface area contributed by atoms with Crippen molar-refractivity contribution >= 4 is 11.7 Å². The molecule has 0 spiro atoms. The highest BCUT2D eigenvalue weighted by Crippen LogP contribution is 2.20. The third-order valence-corrected chi connectivity index (χ3v) is 2.46. The number of hydrogen-bond donors (Lipinski definition) is 2. The number of ether oxygens (including phenoxy) is 1. The fraction of sp³-hybridized carbons (Fsp3) is 0.500. The van der Waals surface area contributed by atoms with Crippen LogP contribution in [0.25, 0.3) is 0 Å². The smallest absolute Gasteiger partial charge is 0.353 e. The highest BCUT2D eigenvalue weighted by Gasteiger charge is 2.28. The fourth-order valence-corrected chi connectivity index (χ4v) is 1.60. The molecule has 1 atom stereocenters. The zero-order chi connectivity index (χ0) is 14.6. The number of hydrogen-bond acceptors (Lipinski definition) is 4. The van der Waals surface area contributed by atoms with Gasteiger partial charge in [0.25, 0.3) is 0 Å². The zero-order valence-electron chi connectivity index (χ0n) is 11.7. The van der Waals surface area contributed by atoms with Crippen molar-refractivity contribution in [2.75, 3.05) is 0 Å². The van der Waals surface area contributed by atoms with Gasteiger partial charge in [0, 0.05) is 0 Å². The molecule has 1 heterocycles. The number of aromatic amines is 1. The normalized spacial score (nSPS) is 12.6. The summed E-state index contributed by atoms with van der Waals surface area (Å²) in [4.78, 5) is 18.9. The predicted octanol–water partition coefficient (Wildman–Crippen LogP) is 2.25. The van der Waals surface area contributed by atoms with Crippen LogP contribution in [-0.2, 0) is 9.53 Å². The van der Waals surface area contributed by atoms with Crippen molar-refractivity contribution in [3.8, 4) is 12.3 Å². The molecule has 1 rings (SSSR count). The second-order valence-corrected chi connectivity index (χ2v) is 5.20. The van der Waals surface area contributed by atoms with E-state index in [4.69, 9.17) is 16.6 Å². The lowest BCUT2D eigenvalue weighted by molar-refractivity contribution is -0.146. The lowest BCUT2D eigenvalue weighted by Crippen LogP contribution is -2.31. The minimum absolute atomic E-state index is 0.115. The van der Waals surface area contributed by atoms with Gasteiger partial charge in [-0.15, -0.1) is 6.42 Å². The lowest BCUT2D eigenvalue weighted by Gasteiger charge is -2.21. The number of carbonyl (C=O) groups is 1. The van der Waals surface area contributed by atoms with Crippen LogP contribution in [0, 0.1) is 17.8 Å². The van der Waals surface area contributed by atoms with Crippen molar-refractivity contribution in [2.45, 2.75) is 45.6 Å². The van der Waals surface area contributed by atoms with Gasteiger partial charge in [-0.25, -0.2) is 9.78 Å². The van der Waals surface area contributed by atoms with Gasteiger partial charge in [-0.2, -0.15) is 0 Å². The van der Waals surface area contributed by atoms with Crippen LogP contribution in [0.4, 0.5) is 0 Å². The first-order valence-corrected chi connectivity index (χ1v) is 6.11. The number of esters is 1. The van der Waals surface area contributed by atoms with Crippen molar-refractivity contribution in [1.82, 2.24) is 9.97 Å². The summed E-state index contributed by atoms with van der Waals surface area (Å²) in [7, 11) is 0. The summed E-state index contributed by atoms with van der Waals surface area (Å²) in [6.45, 7) is 7.18. The van der Waals surface area contributed by atoms with Gasteiger partial charge >= 0.3 is 5.97 Å². The number of carbonyl (C=O) groups excluding carboxylic acids is 1. The highest BCUT2D eigenvalue weighted by atomic mass is 16.6. The van der Waals surface area contributed by atoms with E-state index < -0.39 is 17.5 Å². The minimum atomic E-state index is -0.627. The molecule has 0 saturated carbocycles. The van der Waals surface area contributed by atoms with Crippen LogP contribution >= 0.6 is 0 Å². The van der Waals surface area contributed by atoms with Crippen molar-refractivity contribution in [1.29, 1.82) is 5.41 Å². The summed E-state index contributed by atoms with van der Waals surface area (Å²) in [5, 5.41) is 7.95. The Labute approximate surface area is 113 Å². The molecule has 0 aliphatic carbocycles. The van der Waals surface area contributed by atoms with Gasteiger partial charge in [0.05, 0.1) is 12.1 Å². The van der Waals surface area contributed by atoms with Gasteiger partial charge in [-0.3, -0.25) is 5.41 Å². The molecule has 1 aromatic heterocycles. The van der Waals surface area contributed by atoms with Gasteiger partial charge in [-0.1, -0.05) is 12.8 Å². The molecule has 0 fully saturated rings. The molecule has 0 unspecified atom stereocenters. The van der Waals surface area contributed by atoms with Gasteiger partial charge in [0.15, 0.2) is 0 Å². The molecule has 5 nitrogen and oxygen atoms in total. The van der Waals surface area contributed by atoms with E-state index in [0.717, 1.165) is 0 Å². The molecular formula is C14H19N3O2. The molecular weight excluding hydrogens is 242 g/mol. The van der Waals surface area contributed by atoms with Crippen molar-refractivity contribution in [3.63, 3.8) is 0 Å². The number of H-pyrrole nitrogens is 1. The first kappa shape index (κ1) is 15.0. The monoisotopic (exact) mass is 261 g/mol. The van der Waals surface area contributed by atoms with Crippen LogP contribution in [0.5, 0.6) is 0 Å². The largest absolute Gasteiger partial charge is 0.455 e. The number of terminal acetylenes is 1. The molecule has 5 heteroatoms. The standard InChI is InChI=1S/C14H19N3O2/c1-6-9-8-16-12(17-9)10(7-2)11(15)13(18)19-14(3,4)5/h1,8,10,15H,7H2,2-5H3,(H,16,17)/t10-/m0/s1. The molecule has 0 amide bonds. The van der Waals surface area contributed by atoms with E-state index in [2.05, 4.69) is 15.9 Å². The Kier molecular flexibility index (Phi) is 4.49. The first-order chi connectivity index (χ1) is 8.78. The molecule has 102 valence electrons. The minimum Gasteiger partial charge on any atom is -0.455 e. The number of nitrogens with one attached hydrogen (secondary N) is 2. The van der Waals surface area contributed by atoms with Crippen LogP contribution in [0.1, 0.15) is 51.6 Å². The highest BCUT2D eigenvalue weighted by molar-refractivity contribution is 6.37. The molecule has 0 bridgehead atoms. The van der Waals surface area contributed by atoms with E-state index in [0.29, 0.717) is 17.9 Å². The third-order valence-electron chi connectivity index (χ3n) is 2.46. The number of aromatic nitrogens is 2. The van der Waals surface area contributed by atoms with Crippen LogP contribution in [0.15, 0.2) is 6.20 Å². The average molecular weight is 261 g/mol. The van der Waals surface area contributed by atoms with Gasteiger partial charge in [-0.05, 0) is 27.2 Å². The van der Waals surface area contributed by atoms with E-state index in [9.17, 15) is 4.79 Å². The van der Waals surface area contributed by atoms with E-state index >= 15 is 0 Å². The van der Waals surface area contributed by atoms with Crippen LogP contribution in [-0.4, -0.2) is 27.2 Å². The summed E-state index contributed by atoms with van der Waals surface area (Å²) in [5.41, 5.74) is -0.199. The fourth-order valence-electron chi connectivity index (χ4n) is 1.60. The number of imidazole rings is 1. The Morgan fingerprint density at radius 2 is 2.26 bits per heavy atom. The molecule has 2 N–H and O–H groups in total. The predicted molar refractivity (Wildman–Crippen MR) is 73.1 cm³/mol. The maximum Gasteiger partial charge on any atom is 0.353 e. The SMILES string of the molecule is C#Cc1cnc([C@@H](CC)C(=N)C(=O)OC(C)(C)C)[nH]1. The zero-order valence-corrected chi connectivity index (χ0v) is 11.7. The Balaban J connectivity index is 2.89.